The van der Waals surface area contributed by atoms with E-state index in [1.165, 1.54) is 23.5 Å². The number of hydrogen-bond donors (Lipinski definition) is 1. The van der Waals surface area contributed by atoms with Crippen LogP contribution in [0.2, 0.25) is 10.0 Å². The second-order valence-corrected chi connectivity index (χ2v) is 9.61. The van der Waals surface area contributed by atoms with Crippen LogP contribution in [0.5, 0.6) is 0 Å². The molecule has 1 aromatic heterocycles. The van der Waals surface area contributed by atoms with Gasteiger partial charge in [-0.3, -0.25) is 4.79 Å². The van der Waals surface area contributed by atoms with E-state index in [9.17, 15) is 4.79 Å². The first-order valence-electron chi connectivity index (χ1n) is 8.24. The number of carbonyl (C=O) groups is 1. The molecule has 0 radical (unpaired) electrons. The summed E-state index contributed by atoms with van der Waals surface area (Å²) in [5.41, 5.74) is 0.670. The predicted octanol–water partition coefficient (Wildman–Crippen LogP) is 7.39. The summed E-state index contributed by atoms with van der Waals surface area (Å²) in [7, 11) is 0. The summed E-state index contributed by atoms with van der Waals surface area (Å²) in [6, 6.07) is 16.4. The van der Waals surface area contributed by atoms with Crippen molar-refractivity contribution in [2.45, 2.75) is 9.99 Å². The van der Waals surface area contributed by atoms with Crippen molar-refractivity contribution in [1.29, 1.82) is 0 Å². The van der Waals surface area contributed by atoms with Gasteiger partial charge in [-0.15, -0.1) is 0 Å². The molecule has 1 fully saturated rings. The number of halogens is 3. The van der Waals surface area contributed by atoms with E-state index in [0.717, 1.165) is 9.37 Å². The summed E-state index contributed by atoms with van der Waals surface area (Å²) in [4.78, 5) is 18.2. The summed E-state index contributed by atoms with van der Waals surface area (Å²) in [6.45, 7) is 0. The molecule has 0 aliphatic carbocycles. The Labute approximate surface area is 193 Å². The van der Waals surface area contributed by atoms with Gasteiger partial charge in [-0.2, -0.15) is 0 Å². The Bertz CT molecular complexity index is 1140. The monoisotopic (exact) mass is 524 g/mol. The number of amides is 1. The number of nitrogens with zero attached hydrogens (tertiary/aromatic N) is 1. The smallest absolute Gasteiger partial charge is 0.264 e. The summed E-state index contributed by atoms with van der Waals surface area (Å²) < 4.78 is 6.69. The third-order valence-corrected chi connectivity index (χ3v) is 6.91. The van der Waals surface area contributed by atoms with E-state index < -0.39 is 0 Å². The van der Waals surface area contributed by atoms with Crippen molar-refractivity contribution in [2.75, 3.05) is 0 Å². The highest BCUT2D eigenvalue weighted by molar-refractivity contribution is 9.10. The number of rotatable bonds is 4. The fraction of sp³-hybridized carbons (Fsp3) is 0. The lowest BCUT2D eigenvalue weighted by molar-refractivity contribution is -0.115. The molecular weight excluding hydrogens is 515 g/mol. The Balaban J connectivity index is 1.52. The molecule has 2 heterocycles. The van der Waals surface area contributed by atoms with Gasteiger partial charge >= 0.3 is 0 Å². The van der Waals surface area contributed by atoms with Crippen molar-refractivity contribution >= 4 is 85.5 Å². The van der Waals surface area contributed by atoms with Crippen LogP contribution in [0.15, 0.2) is 83.4 Å². The number of nitrogens with one attached hydrogen (secondary N) is 1. The Morgan fingerprint density at radius 2 is 1.90 bits per heavy atom. The molecule has 0 unspecified atom stereocenters. The lowest BCUT2D eigenvalue weighted by Gasteiger charge is -1.98. The molecule has 2 aromatic carbocycles. The Hall–Kier alpha value is -1.64. The van der Waals surface area contributed by atoms with Gasteiger partial charge in [-0.25, -0.2) is 4.99 Å². The molecule has 29 heavy (non-hydrogen) atoms. The highest BCUT2D eigenvalue weighted by atomic mass is 79.9. The SMILES string of the molecule is O=C1NC(=Nc2cccc(Cl)c2)S/C1=C\c1cc(Br)c(Sc2ccc(Cl)cc2)o1. The molecule has 4 rings (SSSR count). The summed E-state index contributed by atoms with van der Waals surface area (Å²) in [6.07, 6.45) is 1.69. The quantitative estimate of drug-likeness (QED) is 0.361. The second-order valence-electron chi connectivity index (χ2n) is 5.80. The van der Waals surface area contributed by atoms with Gasteiger partial charge in [0.15, 0.2) is 10.3 Å². The van der Waals surface area contributed by atoms with Crippen molar-refractivity contribution in [1.82, 2.24) is 5.32 Å². The van der Waals surface area contributed by atoms with Crippen LogP contribution in [0.1, 0.15) is 5.76 Å². The molecule has 9 heteroatoms. The minimum atomic E-state index is -0.227. The Morgan fingerprint density at radius 1 is 1.10 bits per heavy atom. The van der Waals surface area contributed by atoms with Crippen molar-refractivity contribution in [3.05, 3.63) is 79.8 Å². The molecule has 1 N–H and O–H groups in total. The minimum absolute atomic E-state index is 0.227. The summed E-state index contributed by atoms with van der Waals surface area (Å²) in [5, 5.41) is 5.20. The standard InChI is InChI=1S/C20H11BrCl2N2O2S2/c21-16-9-14(27-19(16)28-15-6-4-11(22)5-7-15)10-17-18(26)25-20(29-17)24-13-3-1-2-12(23)8-13/h1-10H,(H,24,25,26)/b17-10-. The first-order chi connectivity index (χ1) is 14.0. The highest BCUT2D eigenvalue weighted by Gasteiger charge is 2.24. The van der Waals surface area contributed by atoms with Crippen molar-refractivity contribution in [3.8, 4) is 0 Å². The number of furan rings is 1. The topological polar surface area (TPSA) is 54.6 Å². The van der Waals surface area contributed by atoms with Crippen LogP contribution in [-0.2, 0) is 4.79 Å². The van der Waals surface area contributed by atoms with Crippen molar-refractivity contribution < 1.29 is 9.21 Å². The van der Waals surface area contributed by atoms with E-state index in [1.54, 1.807) is 24.3 Å². The molecule has 4 nitrogen and oxygen atoms in total. The van der Waals surface area contributed by atoms with Gasteiger partial charge in [0.25, 0.3) is 5.91 Å². The first-order valence-corrected chi connectivity index (χ1v) is 11.4. The minimum Gasteiger partial charge on any atom is -0.449 e. The van der Waals surface area contributed by atoms with E-state index in [1.807, 2.05) is 36.4 Å². The molecule has 146 valence electrons. The van der Waals surface area contributed by atoms with Gasteiger partial charge < -0.3 is 9.73 Å². The average molecular weight is 526 g/mol. The lowest BCUT2D eigenvalue weighted by Crippen LogP contribution is -2.19. The molecule has 0 bridgehead atoms. The zero-order valence-corrected chi connectivity index (χ0v) is 19.2. The van der Waals surface area contributed by atoms with Crippen LogP contribution in [0.4, 0.5) is 5.69 Å². The van der Waals surface area contributed by atoms with Crippen LogP contribution in [0, 0.1) is 0 Å². The predicted molar refractivity (Wildman–Crippen MR) is 124 cm³/mol. The average Bonchev–Trinajstić information content (AvgIpc) is 3.19. The highest BCUT2D eigenvalue weighted by Crippen LogP contribution is 2.38. The third-order valence-electron chi connectivity index (χ3n) is 3.66. The second kappa shape index (κ2) is 9.02. The van der Waals surface area contributed by atoms with Crippen LogP contribution in [0.3, 0.4) is 0 Å². The van der Waals surface area contributed by atoms with Crippen molar-refractivity contribution in [2.24, 2.45) is 4.99 Å². The third kappa shape index (κ3) is 5.29. The van der Waals surface area contributed by atoms with Crippen LogP contribution >= 0.6 is 62.7 Å². The van der Waals surface area contributed by atoms with E-state index >= 15 is 0 Å². The number of aliphatic imine (C=N–C) groups is 1. The van der Waals surface area contributed by atoms with E-state index in [0.29, 0.717) is 36.7 Å². The Kier molecular flexibility index (Phi) is 6.41. The zero-order chi connectivity index (χ0) is 20.4. The van der Waals surface area contributed by atoms with Gasteiger partial charge in [-0.05, 0) is 76.2 Å². The normalized spacial score (nSPS) is 16.6. The number of benzene rings is 2. The first kappa shape index (κ1) is 20.6. The number of carbonyl (C=O) groups excluding carboxylic acids is 1. The fourth-order valence-corrected chi connectivity index (χ4v) is 4.85. The van der Waals surface area contributed by atoms with Crippen LogP contribution in [0.25, 0.3) is 6.08 Å². The van der Waals surface area contributed by atoms with Gasteiger partial charge in [0.2, 0.25) is 0 Å². The maximum atomic E-state index is 12.3. The van der Waals surface area contributed by atoms with Gasteiger partial charge in [-0.1, -0.05) is 41.0 Å². The largest absolute Gasteiger partial charge is 0.449 e. The lowest BCUT2D eigenvalue weighted by atomic mass is 10.3. The molecular formula is C20H11BrCl2N2O2S2. The van der Waals surface area contributed by atoms with Gasteiger partial charge in [0.1, 0.15) is 5.76 Å². The molecule has 0 saturated carbocycles. The summed E-state index contributed by atoms with van der Waals surface area (Å²) >= 11 is 18.1. The molecule has 0 spiro atoms. The van der Waals surface area contributed by atoms with E-state index in [4.69, 9.17) is 27.6 Å². The van der Waals surface area contributed by atoms with Gasteiger partial charge in [0, 0.05) is 21.0 Å². The number of hydrogen-bond acceptors (Lipinski definition) is 5. The Morgan fingerprint density at radius 3 is 2.66 bits per heavy atom. The van der Waals surface area contributed by atoms with E-state index in [2.05, 4.69) is 26.2 Å². The summed E-state index contributed by atoms with van der Waals surface area (Å²) in [5.74, 6) is 0.338. The molecule has 1 saturated heterocycles. The zero-order valence-electron chi connectivity index (χ0n) is 14.5. The molecule has 1 aliphatic rings. The molecule has 1 aliphatic heterocycles. The van der Waals surface area contributed by atoms with Gasteiger partial charge in [0.05, 0.1) is 15.1 Å². The molecule has 3 aromatic rings. The maximum absolute atomic E-state index is 12.3. The van der Waals surface area contributed by atoms with Crippen molar-refractivity contribution in [3.63, 3.8) is 0 Å². The van der Waals surface area contributed by atoms with E-state index in [-0.39, 0.29) is 5.91 Å². The molecule has 0 atom stereocenters. The maximum Gasteiger partial charge on any atom is 0.264 e. The van der Waals surface area contributed by atoms with Crippen LogP contribution < -0.4 is 5.32 Å². The van der Waals surface area contributed by atoms with Crippen LogP contribution in [-0.4, -0.2) is 11.1 Å². The number of thioether (sulfide) groups is 1. The molecule has 1 amide bonds. The number of amidine groups is 1. The fourth-order valence-electron chi connectivity index (χ4n) is 2.39.